The van der Waals surface area contributed by atoms with Gasteiger partial charge in [-0.2, -0.15) is 0 Å². The number of benzene rings is 2. The summed E-state index contributed by atoms with van der Waals surface area (Å²) in [6.45, 7) is 2.87. The van der Waals surface area contributed by atoms with E-state index in [4.69, 9.17) is 15.2 Å². The SMILES string of the molecule is CC1Oc2ccc(N)cc2N(CCCOc2ccccc2)C1=O. The predicted octanol–water partition coefficient (Wildman–Crippen LogP) is 2.85. The van der Waals surface area contributed by atoms with Gasteiger partial charge in [-0.1, -0.05) is 18.2 Å². The molecule has 0 fully saturated rings. The third-order valence-corrected chi connectivity index (χ3v) is 3.73. The Kier molecular flexibility index (Phi) is 4.37. The van der Waals surface area contributed by atoms with Crippen molar-refractivity contribution < 1.29 is 14.3 Å². The number of hydrogen-bond donors (Lipinski definition) is 1. The monoisotopic (exact) mass is 312 g/mol. The molecule has 1 aliphatic heterocycles. The zero-order valence-electron chi connectivity index (χ0n) is 13.1. The molecule has 1 atom stereocenters. The largest absolute Gasteiger partial charge is 0.494 e. The molecule has 1 unspecified atom stereocenters. The highest BCUT2D eigenvalue weighted by Gasteiger charge is 2.31. The van der Waals surface area contributed by atoms with Crippen molar-refractivity contribution in [2.45, 2.75) is 19.4 Å². The second-order valence-electron chi connectivity index (χ2n) is 5.49. The van der Waals surface area contributed by atoms with Crippen LogP contribution < -0.4 is 20.1 Å². The van der Waals surface area contributed by atoms with Gasteiger partial charge in [0.25, 0.3) is 5.91 Å². The third kappa shape index (κ3) is 3.39. The van der Waals surface area contributed by atoms with Gasteiger partial charge in [-0.3, -0.25) is 4.79 Å². The molecular formula is C18H20N2O3. The molecule has 1 heterocycles. The van der Waals surface area contributed by atoms with Gasteiger partial charge in [-0.25, -0.2) is 0 Å². The third-order valence-electron chi connectivity index (χ3n) is 3.73. The first-order valence-corrected chi connectivity index (χ1v) is 7.70. The summed E-state index contributed by atoms with van der Waals surface area (Å²) < 4.78 is 11.3. The lowest BCUT2D eigenvalue weighted by Crippen LogP contribution is -2.45. The maximum atomic E-state index is 12.4. The zero-order valence-corrected chi connectivity index (χ0v) is 13.1. The van der Waals surface area contributed by atoms with E-state index >= 15 is 0 Å². The molecule has 1 aliphatic rings. The minimum atomic E-state index is -0.485. The van der Waals surface area contributed by atoms with Crippen molar-refractivity contribution in [3.05, 3.63) is 48.5 Å². The molecule has 0 spiro atoms. The van der Waals surface area contributed by atoms with Crippen LogP contribution in [-0.2, 0) is 4.79 Å². The number of nitrogen functional groups attached to an aromatic ring is 1. The second-order valence-corrected chi connectivity index (χ2v) is 5.49. The molecule has 1 amide bonds. The van der Waals surface area contributed by atoms with Crippen LogP contribution in [0.2, 0.25) is 0 Å². The first kappa shape index (κ1) is 15.2. The van der Waals surface area contributed by atoms with Crippen LogP contribution in [0.4, 0.5) is 11.4 Å². The number of carbonyl (C=O) groups is 1. The van der Waals surface area contributed by atoms with Crippen molar-refractivity contribution in [2.24, 2.45) is 0 Å². The van der Waals surface area contributed by atoms with Crippen LogP contribution in [0.5, 0.6) is 11.5 Å². The highest BCUT2D eigenvalue weighted by atomic mass is 16.5. The molecule has 23 heavy (non-hydrogen) atoms. The van der Waals surface area contributed by atoms with Crippen LogP contribution in [0, 0.1) is 0 Å². The van der Waals surface area contributed by atoms with Crippen LogP contribution in [0.15, 0.2) is 48.5 Å². The Morgan fingerprint density at radius 3 is 2.78 bits per heavy atom. The molecule has 3 rings (SSSR count). The molecule has 0 aliphatic carbocycles. The summed E-state index contributed by atoms with van der Waals surface area (Å²) in [4.78, 5) is 14.1. The van der Waals surface area contributed by atoms with E-state index in [2.05, 4.69) is 0 Å². The summed E-state index contributed by atoms with van der Waals surface area (Å²) in [6.07, 6.45) is 0.239. The smallest absolute Gasteiger partial charge is 0.267 e. The average Bonchev–Trinajstić information content (AvgIpc) is 2.56. The number of anilines is 2. The molecule has 0 radical (unpaired) electrons. The molecule has 2 N–H and O–H groups in total. The summed E-state index contributed by atoms with van der Waals surface area (Å²) >= 11 is 0. The Labute approximate surface area is 135 Å². The molecule has 2 aromatic rings. The average molecular weight is 312 g/mol. The van der Waals surface area contributed by atoms with Crippen LogP contribution in [0.1, 0.15) is 13.3 Å². The first-order chi connectivity index (χ1) is 11.1. The standard InChI is InChI=1S/C18H20N2O3/c1-13-18(21)20(16-12-14(19)8-9-17(16)23-13)10-5-11-22-15-6-3-2-4-7-15/h2-4,6-9,12-13H,5,10-11,19H2,1H3. The predicted molar refractivity (Wildman–Crippen MR) is 89.9 cm³/mol. The molecule has 2 aromatic carbocycles. The molecule has 0 saturated heterocycles. The number of hydrogen-bond acceptors (Lipinski definition) is 4. The van der Waals surface area contributed by atoms with E-state index in [1.807, 2.05) is 30.3 Å². The number of nitrogens with two attached hydrogens (primary N) is 1. The van der Waals surface area contributed by atoms with Crippen molar-refractivity contribution in [2.75, 3.05) is 23.8 Å². The Balaban J connectivity index is 1.64. The van der Waals surface area contributed by atoms with E-state index in [0.29, 0.717) is 24.6 Å². The molecule has 0 saturated carbocycles. The molecule has 5 nitrogen and oxygen atoms in total. The van der Waals surface area contributed by atoms with Gasteiger partial charge in [0.1, 0.15) is 11.5 Å². The Morgan fingerprint density at radius 2 is 2.00 bits per heavy atom. The maximum absolute atomic E-state index is 12.4. The quantitative estimate of drug-likeness (QED) is 0.681. The van der Waals surface area contributed by atoms with E-state index in [1.54, 1.807) is 30.0 Å². The summed E-state index contributed by atoms with van der Waals surface area (Å²) in [5.41, 5.74) is 7.18. The maximum Gasteiger partial charge on any atom is 0.267 e. The van der Waals surface area contributed by atoms with E-state index in [9.17, 15) is 4.79 Å². The van der Waals surface area contributed by atoms with Gasteiger partial charge >= 0.3 is 0 Å². The number of carbonyl (C=O) groups excluding carboxylic acids is 1. The van der Waals surface area contributed by atoms with Gasteiger partial charge in [0, 0.05) is 12.2 Å². The first-order valence-electron chi connectivity index (χ1n) is 7.70. The number of para-hydroxylation sites is 1. The fourth-order valence-electron chi connectivity index (χ4n) is 2.58. The topological polar surface area (TPSA) is 64.8 Å². The summed E-state index contributed by atoms with van der Waals surface area (Å²) in [5, 5.41) is 0. The van der Waals surface area contributed by atoms with Gasteiger partial charge in [0.2, 0.25) is 0 Å². The van der Waals surface area contributed by atoms with Gasteiger partial charge < -0.3 is 20.1 Å². The van der Waals surface area contributed by atoms with Crippen molar-refractivity contribution in [3.8, 4) is 11.5 Å². The second kappa shape index (κ2) is 6.60. The van der Waals surface area contributed by atoms with Gasteiger partial charge in [0.15, 0.2) is 6.10 Å². The minimum absolute atomic E-state index is 0.0530. The Bertz CT molecular complexity index is 688. The lowest BCUT2D eigenvalue weighted by atomic mass is 10.1. The molecule has 0 bridgehead atoms. The van der Waals surface area contributed by atoms with E-state index in [1.165, 1.54) is 0 Å². The van der Waals surface area contributed by atoms with Crippen LogP contribution in [0.3, 0.4) is 0 Å². The van der Waals surface area contributed by atoms with Crippen molar-refractivity contribution in [3.63, 3.8) is 0 Å². The molecule has 5 heteroatoms. The summed E-state index contributed by atoms with van der Waals surface area (Å²) in [6, 6.07) is 15.0. The number of ether oxygens (including phenoxy) is 2. The fourth-order valence-corrected chi connectivity index (χ4v) is 2.58. The van der Waals surface area contributed by atoms with Crippen LogP contribution in [-0.4, -0.2) is 25.2 Å². The van der Waals surface area contributed by atoms with Gasteiger partial charge in [-0.05, 0) is 43.7 Å². The molecule has 120 valence electrons. The Hall–Kier alpha value is -2.69. The fraction of sp³-hybridized carbons (Fsp3) is 0.278. The van der Waals surface area contributed by atoms with E-state index < -0.39 is 6.10 Å². The lowest BCUT2D eigenvalue weighted by Gasteiger charge is -2.33. The molecule has 0 aromatic heterocycles. The highest BCUT2D eigenvalue weighted by Crippen LogP contribution is 2.35. The van der Waals surface area contributed by atoms with E-state index in [0.717, 1.165) is 17.9 Å². The molecular weight excluding hydrogens is 292 g/mol. The van der Waals surface area contributed by atoms with Gasteiger partial charge in [-0.15, -0.1) is 0 Å². The van der Waals surface area contributed by atoms with Crippen LogP contribution in [0.25, 0.3) is 0 Å². The number of nitrogens with zero attached hydrogens (tertiary/aromatic N) is 1. The van der Waals surface area contributed by atoms with Crippen LogP contribution >= 0.6 is 0 Å². The normalized spacial score (nSPS) is 16.7. The Morgan fingerprint density at radius 1 is 1.22 bits per heavy atom. The lowest BCUT2D eigenvalue weighted by molar-refractivity contribution is -0.125. The highest BCUT2D eigenvalue weighted by molar-refractivity contribution is 6.00. The van der Waals surface area contributed by atoms with E-state index in [-0.39, 0.29) is 5.91 Å². The summed E-state index contributed by atoms with van der Waals surface area (Å²) in [5.74, 6) is 1.47. The number of amides is 1. The summed E-state index contributed by atoms with van der Waals surface area (Å²) in [7, 11) is 0. The van der Waals surface area contributed by atoms with Crippen molar-refractivity contribution >= 4 is 17.3 Å². The minimum Gasteiger partial charge on any atom is -0.494 e. The van der Waals surface area contributed by atoms with Gasteiger partial charge in [0.05, 0.1) is 12.3 Å². The zero-order chi connectivity index (χ0) is 16.2. The number of rotatable bonds is 5. The number of fused-ring (bicyclic) bond motifs is 1. The van der Waals surface area contributed by atoms with Crippen molar-refractivity contribution in [1.29, 1.82) is 0 Å². The van der Waals surface area contributed by atoms with Crippen molar-refractivity contribution in [1.82, 2.24) is 0 Å².